The molecule has 0 saturated carbocycles. The molecule has 18 heteroatoms. The highest BCUT2D eigenvalue weighted by Gasteiger charge is 2.45. The molecule has 6 atom stereocenters. The Labute approximate surface area is 518 Å². The lowest BCUT2D eigenvalue weighted by Gasteiger charge is -2.37. The Kier molecular flexibility index (Phi) is 23.7. The number of rotatable bonds is 8. The number of carbonyl (C=O) groups excluding carboxylic acids is 10. The first-order valence-electron chi connectivity index (χ1n) is 31.0. The van der Waals surface area contributed by atoms with Crippen LogP contribution in [0.4, 0.5) is 0 Å². The molecule has 0 aliphatic carbocycles. The van der Waals surface area contributed by atoms with Crippen molar-refractivity contribution in [2.75, 3.05) is 47.4 Å². The number of likely N-dealkylation sites (N-methyl/N-ethyl adjacent to an activating group) is 3. The number of cyclic esters (lactones) is 2. The number of ketones is 2. The molecule has 4 aromatic rings. The molecule has 88 heavy (non-hydrogen) atoms. The molecule has 4 aromatic carbocycles. The molecule has 2 unspecified atom stereocenters. The number of ether oxygens (including phenoxy) is 2. The van der Waals surface area contributed by atoms with Gasteiger partial charge < -0.3 is 39.3 Å². The molecule has 18 nitrogen and oxygen atoms in total. The van der Waals surface area contributed by atoms with Crippen LogP contribution in [0.3, 0.4) is 0 Å². The lowest BCUT2D eigenvalue weighted by molar-refractivity contribution is -0.165. The fourth-order valence-electron chi connectivity index (χ4n) is 11.7. The van der Waals surface area contributed by atoms with Crippen molar-refractivity contribution >= 4 is 58.9 Å². The number of aryl methyl sites for hydroxylation is 3. The highest BCUT2D eigenvalue weighted by Crippen LogP contribution is 2.31. The van der Waals surface area contributed by atoms with Crippen molar-refractivity contribution < 1.29 is 57.4 Å². The number of amides is 6. The molecule has 2 bridgehead atoms. The summed E-state index contributed by atoms with van der Waals surface area (Å²) >= 11 is 0. The van der Waals surface area contributed by atoms with E-state index in [-0.39, 0.29) is 75.8 Å². The van der Waals surface area contributed by atoms with Crippen LogP contribution in [0.1, 0.15) is 143 Å². The van der Waals surface area contributed by atoms with E-state index in [4.69, 9.17) is 9.47 Å². The average molecular weight is 1210 g/mol. The molecule has 6 amide bonds. The molecule has 1 N–H and O–H groups in total. The van der Waals surface area contributed by atoms with Crippen molar-refractivity contribution in [2.45, 2.75) is 161 Å². The molecule has 0 radical (unpaired) electrons. The van der Waals surface area contributed by atoms with Crippen LogP contribution < -0.4 is 5.32 Å². The zero-order valence-electron chi connectivity index (χ0n) is 52.7. The van der Waals surface area contributed by atoms with Crippen LogP contribution in [0.5, 0.6) is 0 Å². The normalized spacial score (nSPS) is 23.4. The molecule has 0 aromatic heterocycles. The van der Waals surface area contributed by atoms with Gasteiger partial charge in [-0.2, -0.15) is 0 Å². The molecule has 3 heterocycles. The Morgan fingerprint density at radius 3 is 2.01 bits per heavy atom. The van der Waals surface area contributed by atoms with Gasteiger partial charge in [0.2, 0.25) is 35.3 Å². The maximum atomic E-state index is 15.2. The largest absolute Gasteiger partial charge is 0.461 e. The summed E-state index contributed by atoms with van der Waals surface area (Å²) in [6.45, 7) is 11.0. The summed E-state index contributed by atoms with van der Waals surface area (Å²) in [5.41, 5.74) is 4.19. The van der Waals surface area contributed by atoms with E-state index in [1.165, 1.54) is 57.5 Å². The number of Topliss-reactive ketones (excluding diaryl/α,β-unsaturated/α-hetero) is 2. The fourth-order valence-corrected chi connectivity index (χ4v) is 11.7. The van der Waals surface area contributed by atoms with Crippen molar-refractivity contribution in [1.29, 1.82) is 0 Å². The third-order valence-electron chi connectivity index (χ3n) is 17.2. The van der Waals surface area contributed by atoms with Crippen LogP contribution in [0.15, 0.2) is 115 Å². The molecular weight excluding hydrogens is 1120 g/mol. The minimum atomic E-state index is -1.48. The minimum absolute atomic E-state index is 0.0174. The van der Waals surface area contributed by atoms with E-state index in [0.29, 0.717) is 61.6 Å². The minimum Gasteiger partial charge on any atom is -0.461 e. The highest BCUT2D eigenvalue weighted by molar-refractivity contribution is 6.38. The predicted molar refractivity (Wildman–Crippen MR) is 333 cm³/mol. The third kappa shape index (κ3) is 17.7. The number of esters is 2. The van der Waals surface area contributed by atoms with Gasteiger partial charge in [0.15, 0.2) is 0 Å². The summed E-state index contributed by atoms with van der Waals surface area (Å²) in [6.07, 6.45) is 5.08. The summed E-state index contributed by atoms with van der Waals surface area (Å²) < 4.78 is 11.9. The molecule has 0 spiro atoms. The van der Waals surface area contributed by atoms with Crippen LogP contribution >= 0.6 is 0 Å². The fraction of sp³-hybridized carbons (Fsp3) is 0.486. The number of carbonyl (C=O) groups is 10. The SMILES string of the molecule is Cc1ccc(CC[C@H]2OC(=O)C3CCCCN3C(=O)C(=O)C(C)(C)COC(=O)C=CCCN(C)C(=O)[C@H](CC(C)C)N(C)C(=O)C3CCCN3C(=O)[C@H](Cc3ccccc3)N(C)C(=O)[C@H](c3ccccc3)NC(=O)CCC(=O)Cc3cccc2c3)cc1C. The number of fused-ring (bicyclic) bond motifs is 4. The van der Waals surface area contributed by atoms with Crippen molar-refractivity contribution in [3.8, 4) is 0 Å². The maximum absolute atomic E-state index is 15.2. The Hall–Kier alpha value is -8.28. The van der Waals surface area contributed by atoms with E-state index in [9.17, 15) is 38.4 Å². The zero-order valence-corrected chi connectivity index (χ0v) is 52.7. The second kappa shape index (κ2) is 31.1. The molecule has 3 aliphatic rings. The third-order valence-corrected chi connectivity index (χ3v) is 17.2. The summed E-state index contributed by atoms with van der Waals surface area (Å²) in [5, 5.41) is 2.88. The second-order valence-corrected chi connectivity index (χ2v) is 25.0. The summed E-state index contributed by atoms with van der Waals surface area (Å²) in [6, 6.07) is 25.8. The molecule has 2 saturated heterocycles. The van der Waals surface area contributed by atoms with E-state index in [1.807, 2.05) is 76.2 Å². The lowest BCUT2D eigenvalue weighted by atomic mass is 9.87. The van der Waals surface area contributed by atoms with Gasteiger partial charge in [-0.25, -0.2) is 9.59 Å². The van der Waals surface area contributed by atoms with Crippen LogP contribution in [-0.2, 0) is 76.7 Å². The van der Waals surface area contributed by atoms with Crippen LogP contribution in [0, 0.1) is 25.2 Å². The summed E-state index contributed by atoms with van der Waals surface area (Å²) in [5.74, 6) is -5.89. The van der Waals surface area contributed by atoms with Gasteiger partial charge >= 0.3 is 11.9 Å². The van der Waals surface area contributed by atoms with Crippen molar-refractivity contribution in [1.82, 2.24) is 29.8 Å². The number of hydrogen-bond acceptors (Lipinski definition) is 12. The van der Waals surface area contributed by atoms with E-state index in [0.717, 1.165) is 22.3 Å². The first kappa shape index (κ1) is 67.2. The smallest absolute Gasteiger partial charge is 0.330 e. The highest BCUT2D eigenvalue weighted by atomic mass is 16.5. The summed E-state index contributed by atoms with van der Waals surface area (Å²) in [4.78, 5) is 150. The van der Waals surface area contributed by atoms with E-state index >= 15 is 9.59 Å². The maximum Gasteiger partial charge on any atom is 0.330 e. The van der Waals surface area contributed by atoms with Gasteiger partial charge in [0.1, 0.15) is 48.7 Å². The van der Waals surface area contributed by atoms with Gasteiger partial charge in [-0.1, -0.05) is 123 Å². The number of hydrogen-bond donors (Lipinski definition) is 1. The first-order valence-corrected chi connectivity index (χ1v) is 31.0. The van der Waals surface area contributed by atoms with Crippen molar-refractivity contribution in [3.05, 3.63) is 154 Å². The molecule has 2 fully saturated rings. The monoisotopic (exact) mass is 1200 g/mol. The summed E-state index contributed by atoms with van der Waals surface area (Å²) in [7, 11) is 4.68. The number of benzene rings is 4. The number of nitrogens with one attached hydrogen (secondary N) is 1. The van der Waals surface area contributed by atoms with Gasteiger partial charge in [-0.3, -0.25) is 38.4 Å². The van der Waals surface area contributed by atoms with Crippen molar-refractivity contribution in [2.24, 2.45) is 11.3 Å². The topological polar surface area (TPSA) is 217 Å². The molecule has 3 aliphatic heterocycles. The van der Waals surface area contributed by atoms with Gasteiger partial charge in [0, 0.05) is 72.5 Å². The average Bonchev–Trinajstić information content (AvgIpc) is 2.19. The van der Waals surface area contributed by atoms with Gasteiger partial charge in [-0.05, 0) is 130 Å². The Bertz CT molecular complexity index is 3200. The van der Waals surface area contributed by atoms with Crippen LogP contribution in [0.25, 0.3) is 0 Å². The van der Waals surface area contributed by atoms with E-state index < -0.39 is 95.6 Å². The standard InChI is InChI=1S/C70H88N6O12/c1-46(2)40-57-64(81)72(7)37-18-17-30-61(79)87-45-70(5,6)63(80)68(85)76-38-19-16-28-56(76)69(86)88-59(35-33-50-32-31-47(3)48(4)41-50)53-27-20-24-51(42-53)43-54(77)34-36-60(78)71-62(52-25-14-11-15-26-52)67(84)74(9)58(44-49-22-12-10-13-23-49)66(83)75-39-21-29-55(75)65(82)73(57)8/h10-15,17,20,22-27,30-32,41-42,46,55-59,62H,16,18-19,21,28-29,33-40,43-45H2,1-9H3,(H,71,78)/t55?,56?,57-,58-,59+,62-/m0/s1. The van der Waals surface area contributed by atoms with E-state index in [1.54, 1.807) is 62.6 Å². The van der Waals surface area contributed by atoms with E-state index in [2.05, 4.69) is 11.4 Å². The van der Waals surface area contributed by atoms with Crippen molar-refractivity contribution in [3.63, 3.8) is 0 Å². The number of piperidine rings is 1. The van der Waals surface area contributed by atoms with Gasteiger partial charge in [-0.15, -0.1) is 0 Å². The van der Waals surface area contributed by atoms with Gasteiger partial charge in [0.05, 0.1) is 5.41 Å². The molecular formula is C70H88N6O12. The first-order chi connectivity index (χ1) is 41.9. The number of nitrogens with zero attached hydrogens (tertiary/aromatic N) is 5. The Morgan fingerprint density at radius 1 is 0.636 bits per heavy atom. The quantitative estimate of drug-likeness (QED) is 0.131. The molecule has 7 rings (SSSR count). The Balaban J connectivity index is 1.20. The lowest BCUT2D eigenvalue weighted by Crippen LogP contribution is -2.58. The van der Waals surface area contributed by atoms with Crippen LogP contribution in [0.2, 0.25) is 0 Å². The predicted octanol–water partition coefficient (Wildman–Crippen LogP) is 8.14. The zero-order chi connectivity index (χ0) is 63.8. The Morgan fingerprint density at radius 2 is 1.31 bits per heavy atom. The molecule has 470 valence electrons. The second-order valence-electron chi connectivity index (χ2n) is 25.0. The van der Waals surface area contributed by atoms with Crippen LogP contribution in [-0.4, -0.2) is 155 Å². The van der Waals surface area contributed by atoms with Gasteiger partial charge in [0.25, 0.3) is 5.91 Å².